The summed E-state index contributed by atoms with van der Waals surface area (Å²) in [7, 11) is 5.62. The second kappa shape index (κ2) is 12.9. The van der Waals surface area contributed by atoms with Gasteiger partial charge in [0.25, 0.3) is 0 Å². The molecular formula is C19H34IN5O. The minimum atomic E-state index is 0. The molecule has 0 aliphatic carbocycles. The lowest BCUT2D eigenvalue weighted by atomic mass is 10.1. The number of aliphatic imine (C=N–C) groups is 1. The van der Waals surface area contributed by atoms with Gasteiger partial charge in [-0.2, -0.15) is 0 Å². The Morgan fingerprint density at radius 2 is 1.73 bits per heavy atom. The highest BCUT2D eigenvalue weighted by Gasteiger charge is 2.09. The van der Waals surface area contributed by atoms with E-state index < -0.39 is 0 Å². The standard InChI is InChI=1S/C19H33N5O.HI/c1-7-20-19(22-13-18(25)23(4)5)21-12-16-10-8-9-11-17(16)14-24(6)15(2)3;/h8-11,15H,7,12-14H2,1-6H3,(H2,20,21,22);1H. The molecule has 0 spiro atoms. The van der Waals surface area contributed by atoms with Crippen LogP contribution in [0.4, 0.5) is 0 Å². The van der Waals surface area contributed by atoms with Crippen LogP contribution in [0.25, 0.3) is 0 Å². The van der Waals surface area contributed by atoms with E-state index in [1.54, 1.807) is 19.0 Å². The maximum absolute atomic E-state index is 11.7. The number of nitrogens with zero attached hydrogens (tertiary/aromatic N) is 3. The number of carbonyl (C=O) groups excluding carboxylic acids is 1. The Labute approximate surface area is 175 Å². The van der Waals surface area contributed by atoms with Crippen molar-refractivity contribution in [3.8, 4) is 0 Å². The maximum atomic E-state index is 11.7. The summed E-state index contributed by atoms with van der Waals surface area (Å²) in [5.74, 6) is 0.675. The molecule has 6 nitrogen and oxygen atoms in total. The number of hydrogen-bond donors (Lipinski definition) is 2. The number of amides is 1. The van der Waals surface area contributed by atoms with E-state index in [0.717, 1.165) is 13.1 Å². The Bertz CT molecular complexity index is 575. The number of halogens is 1. The largest absolute Gasteiger partial charge is 0.357 e. The molecule has 0 bridgehead atoms. The monoisotopic (exact) mass is 475 g/mol. The van der Waals surface area contributed by atoms with Gasteiger partial charge in [-0.15, -0.1) is 24.0 Å². The van der Waals surface area contributed by atoms with Gasteiger partial charge in [0.15, 0.2) is 5.96 Å². The second-order valence-electron chi connectivity index (χ2n) is 6.61. The first-order valence-electron chi connectivity index (χ1n) is 8.84. The van der Waals surface area contributed by atoms with Crippen molar-refractivity contribution in [3.63, 3.8) is 0 Å². The number of likely N-dealkylation sites (N-methyl/N-ethyl adjacent to an activating group) is 1. The summed E-state index contributed by atoms with van der Waals surface area (Å²) in [6.45, 7) is 8.85. The summed E-state index contributed by atoms with van der Waals surface area (Å²) in [6, 6.07) is 8.86. The lowest BCUT2D eigenvalue weighted by molar-refractivity contribution is -0.127. The van der Waals surface area contributed by atoms with E-state index in [0.29, 0.717) is 18.5 Å². The molecule has 0 saturated heterocycles. The highest BCUT2D eigenvalue weighted by atomic mass is 127. The SMILES string of the molecule is CCNC(=NCc1ccccc1CN(C)C(C)C)NCC(=O)N(C)C.I. The van der Waals surface area contributed by atoms with Gasteiger partial charge in [0.05, 0.1) is 13.1 Å². The third-order valence-corrected chi connectivity index (χ3v) is 4.08. The normalized spacial score (nSPS) is 11.3. The van der Waals surface area contributed by atoms with Crippen molar-refractivity contribution in [1.29, 1.82) is 0 Å². The summed E-state index contributed by atoms with van der Waals surface area (Å²) >= 11 is 0. The van der Waals surface area contributed by atoms with Crippen molar-refractivity contribution in [1.82, 2.24) is 20.4 Å². The van der Waals surface area contributed by atoms with Gasteiger partial charge in [0.2, 0.25) is 5.91 Å². The summed E-state index contributed by atoms with van der Waals surface area (Å²) in [4.78, 5) is 20.2. The number of benzene rings is 1. The zero-order chi connectivity index (χ0) is 18.8. The van der Waals surface area contributed by atoms with Crippen LogP contribution in [0.15, 0.2) is 29.3 Å². The van der Waals surface area contributed by atoms with Crippen LogP contribution in [0.5, 0.6) is 0 Å². The molecule has 148 valence electrons. The summed E-state index contributed by atoms with van der Waals surface area (Å²) in [5.41, 5.74) is 2.48. The van der Waals surface area contributed by atoms with Crippen LogP contribution in [-0.2, 0) is 17.9 Å². The van der Waals surface area contributed by atoms with Crippen LogP contribution in [0.1, 0.15) is 31.9 Å². The van der Waals surface area contributed by atoms with Gasteiger partial charge in [-0.1, -0.05) is 24.3 Å². The van der Waals surface area contributed by atoms with Crippen LogP contribution in [0.2, 0.25) is 0 Å². The fourth-order valence-corrected chi connectivity index (χ4v) is 2.14. The summed E-state index contributed by atoms with van der Waals surface area (Å²) < 4.78 is 0. The second-order valence-corrected chi connectivity index (χ2v) is 6.61. The molecule has 0 aliphatic rings. The number of hydrogen-bond acceptors (Lipinski definition) is 3. The Morgan fingerprint density at radius 1 is 1.12 bits per heavy atom. The fraction of sp³-hybridized carbons (Fsp3) is 0.579. The topological polar surface area (TPSA) is 60.0 Å². The van der Waals surface area contributed by atoms with E-state index in [2.05, 4.69) is 59.6 Å². The highest BCUT2D eigenvalue weighted by molar-refractivity contribution is 14.0. The molecule has 26 heavy (non-hydrogen) atoms. The molecule has 0 fully saturated rings. The van der Waals surface area contributed by atoms with E-state index >= 15 is 0 Å². The molecule has 0 aliphatic heterocycles. The number of nitrogens with one attached hydrogen (secondary N) is 2. The maximum Gasteiger partial charge on any atom is 0.241 e. The molecule has 0 radical (unpaired) electrons. The quantitative estimate of drug-likeness (QED) is 0.344. The first-order valence-corrected chi connectivity index (χ1v) is 8.84. The minimum Gasteiger partial charge on any atom is -0.357 e. The molecule has 1 rings (SSSR count). The van der Waals surface area contributed by atoms with E-state index in [9.17, 15) is 4.79 Å². The Kier molecular flexibility index (Phi) is 12.2. The average Bonchev–Trinajstić information content (AvgIpc) is 2.57. The molecule has 0 atom stereocenters. The van der Waals surface area contributed by atoms with Gasteiger partial charge in [-0.3, -0.25) is 9.69 Å². The average molecular weight is 475 g/mol. The number of guanidine groups is 1. The lowest BCUT2D eigenvalue weighted by Gasteiger charge is -2.22. The summed E-state index contributed by atoms with van der Waals surface area (Å²) in [5, 5.41) is 6.27. The summed E-state index contributed by atoms with van der Waals surface area (Å²) in [6.07, 6.45) is 0. The predicted octanol–water partition coefficient (Wildman–Crippen LogP) is 2.29. The van der Waals surface area contributed by atoms with Gasteiger partial charge in [0, 0.05) is 33.2 Å². The molecule has 1 aromatic rings. The van der Waals surface area contributed by atoms with Gasteiger partial charge in [-0.05, 0) is 38.9 Å². The van der Waals surface area contributed by atoms with Crippen LogP contribution in [0, 0.1) is 0 Å². The van der Waals surface area contributed by atoms with Crippen molar-refractivity contribution in [2.24, 2.45) is 4.99 Å². The van der Waals surface area contributed by atoms with Crippen molar-refractivity contribution < 1.29 is 4.79 Å². The van der Waals surface area contributed by atoms with Crippen molar-refractivity contribution in [2.45, 2.75) is 39.9 Å². The Morgan fingerprint density at radius 3 is 2.27 bits per heavy atom. The van der Waals surface area contributed by atoms with Gasteiger partial charge >= 0.3 is 0 Å². The zero-order valence-corrected chi connectivity index (χ0v) is 19.2. The Hall–Kier alpha value is -1.35. The fourth-order valence-electron chi connectivity index (χ4n) is 2.14. The van der Waals surface area contributed by atoms with Crippen molar-refractivity contribution in [3.05, 3.63) is 35.4 Å². The van der Waals surface area contributed by atoms with E-state index in [4.69, 9.17) is 0 Å². The third kappa shape index (κ3) is 8.84. The van der Waals surface area contributed by atoms with Crippen LogP contribution in [0.3, 0.4) is 0 Å². The molecule has 0 unspecified atom stereocenters. The van der Waals surface area contributed by atoms with Crippen molar-refractivity contribution in [2.75, 3.05) is 34.2 Å². The third-order valence-electron chi connectivity index (χ3n) is 4.08. The first-order chi connectivity index (χ1) is 11.8. The molecule has 0 aromatic heterocycles. The Balaban J connectivity index is 0.00000625. The smallest absolute Gasteiger partial charge is 0.241 e. The zero-order valence-electron chi connectivity index (χ0n) is 16.9. The number of rotatable bonds is 8. The molecule has 0 heterocycles. The molecule has 2 N–H and O–H groups in total. The van der Waals surface area contributed by atoms with Gasteiger partial charge in [-0.25, -0.2) is 4.99 Å². The number of carbonyl (C=O) groups is 1. The molecule has 1 amide bonds. The predicted molar refractivity (Wildman–Crippen MR) is 120 cm³/mol. The van der Waals surface area contributed by atoms with E-state index in [1.807, 2.05) is 13.0 Å². The van der Waals surface area contributed by atoms with E-state index in [-0.39, 0.29) is 36.4 Å². The lowest BCUT2D eigenvalue weighted by Crippen LogP contribution is -2.42. The molecule has 7 heteroatoms. The molecule has 1 aromatic carbocycles. The van der Waals surface area contributed by atoms with E-state index in [1.165, 1.54) is 11.1 Å². The van der Waals surface area contributed by atoms with Crippen LogP contribution in [-0.4, -0.2) is 61.9 Å². The van der Waals surface area contributed by atoms with Gasteiger partial charge in [0.1, 0.15) is 0 Å². The van der Waals surface area contributed by atoms with Crippen LogP contribution < -0.4 is 10.6 Å². The minimum absolute atomic E-state index is 0. The first kappa shape index (κ1) is 24.7. The highest BCUT2D eigenvalue weighted by Crippen LogP contribution is 2.13. The van der Waals surface area contributed by atoms with Crippen molar-refractivity contribution >= 4 is 35.8 Å². The van der Waals surface area contributed by atoms with Gasteiger partial charge < -0.3 is 15.5 Å². The molecular weight excluding hydrogens is 441 g/mol. The molecule has 0 saturated carbocycles. The van der Waals surface area contributed by atoms with Crippen LogP contribution >= 0.6 is 24.0 Å².